The van der Waals surface area contributed by atoms with Crippen LogP contribution < -0.4 is 5.32 Å². The lowest BCUT2D eigenvalue weighted by molar-refractivity contribution is 0.102. The first kappa shape index (κ1) is 16.9. The third-order valence-corrected chi connectivity index (χ3v) is 5.40. The highest BCUT2D eigenvalue weighted by molar-refractivity contribution is 9.10. The molecule has 6 heteroatoms. The molecule has 4 nitrogen and oxygen atoms in total. The molecule has 0 aliphatic carbocycles. The molecule has 1 amide bonds. The monoisotopic (exact) mass is 423 g/mol. The van der Waals surface area contributed by atoms with Crippen LogP contribution in [0.3, 0.4) is 0 Å². The number of carbonyl (C=O) groups is 1. The maximum atomic E-state index is 12.7. The first-order valence-electron chi connectivity index (χ1n) is 8.03. The van der Waals surface area contributed by atoms with Gasteiger partial charge in [0.25, 0.3) is 5.91 Å². The molecule has 0 radical (unpaired) electrons. The van der Waals surface area contributed by atoms with E-state index in [-0.39, 0.29) is 5.91 Å². The minimum absolute atomic E-state index is 0.173. The van der Waals surface area contributed by atoms with Gasteiger partial charge in [-0.1, -0.05) is 40.2 Å². The summed E-state index contributed by atoms with van der Waals surface area (Å²) < 4.78 is 1.06. The van der Waals surface area contributed by atoms with Gasteiger partial charge in [-0.2, -0.15) is 0 Å². The molecular formula is C20H14BrN3OS. The van der Waals surface area contributed by atoms with E-state index in [1.165, 1.54) is 16.9 Å². The van der Waals surface area contributed by atoms with Gasteiger partial charge >= 0.3 is 0 Å². The zero-order chi connectivity index (χ0) is 17.9. The lowest BCUT2D eigenvalue weighted by Gasteiger charge is -2.05. The molecule has 4 rings (SSSR count). The number of fused-ring (bicyclic) bond motifs is 1. The first-order valence-corrected chi connectivity index (χ1v) is 9.64. The van der Waals surface area contributed by atoms with Crippen molar-refractivity contribution in [3.8, 4) is 0 Å². The highest BCUT2D eigenvalue weighted by Gasteiger charge is 2.12. The number of carbonyl (C=O) groups excluding carboxylic acids is 1. The third kappa shape index (κ3) is 3.66. The second kappa shape index (κ2) is 7.35. The van der Waals surface area contributed by atoms with Gasteiger partial charge in [0, 0.05) is 39.1 Å². The van der Waals surface area contributed by atoms with Gasteiger partial charge in [-0.25, -0.2) is 4.98 Å². The van der Waals surface area contributed by atoms with Crippen LogP contribution in [0.5, 0.6) is 0 Å². The van der Waals surface area contributed by atoms with E-state index in [4.69, 9.17) is 0 Å². The number of halogens is 1. The number of thiazole rings is 1. The van der Waals surface area contributed by atoms with Gasteiger partial charge in [0.05, 0.1) is 5.52 Å². The smallest absolute Gasteiger partial charge is 0.258 e. The Morgan fingerprint density at radius 3 is 2.73 bits per heavy atom. The van der Waals surface area contributed by atoms with E-state index in [1.54, 1.807) is 12.3 Å². The third-order valence-electron chi connectivity index (χ3n) is 3.96. The molecule has 128 valence electrons. The van der Waals surface area contributed by atoms with Gasteiger partial charge in [-0.05, 0) is 35.9 Å². The lowest BCUT2D eigenvalue weighted by Crippen LogP contribution is -2.12. The highest BCUT2D eigenvalue weighted by Crippen LogP contribution is 2.24. The molecule has 0 unspecified atom stereocenters. The zero-order valence-electron chi connectivity index (χ0n) is 13.6. The Labute approximate surface area is 163 Å². The molecule has 0 saturated carbocycles. The van der Waals surface area contributed by atoms with Crippen LogP contribution in [-0.4, -0.2) is 15.9 Å². The van der Waals surface area contributed by atoms with Crippen LogP contribution >= 0.6 is 27.3 Å². The predicted molar refractivity (Wildman–Crippen MR) is 109 cm³/mol. The Kier molecular flexibility index (Phi) is 4.77. The average Bonchev–Trinajstić information content (AvgIpc) is 3.10. The number of benzene rings is 2. The van der Waals surface area contributed by atoms with Crippen molar-refractivity contribution < 1.29 is 4.79 Å². The molecule has 0 aliphatic heterocycles. The summed E-state index contributed by atoms with van der Waals surface area (Å²) in [5.41, 5.74) is 2.60. The van der Waals surface area contributed by atoms with Gasteiger partial charge in [-0.15, -0.1) is 11.3 Å². The zero-order valence-corrected chi connectivity index (χ0v) is 16.0. The van der Waals surface area contributed by atoms with E-state index >= 15 is 0 Å². The number of aromatic nitrogens is 2. The fourth-order valence-corrected chi connectivity index (χ4v) is 3.82. The second-order valence-corrected chi connectivity index (χ2v) is 7.80. The molecule has 1 N–H and O–H groups in total. The van der Waals surface area contributed by atoms with Crippen molar-refractivity contribution >= 4 is 49.2 Å². The number of nitrogens with one attached hydrogen (secondary N) is 1. The normalized spacial score (nSPS) is 10.8. The topological polar surface area (TPSA) is 54.9 Å². The molecule has 0 bridgehead atoms. The molecular weight excluding hydrogens is 410 g/mol. The summed E-state index contributed by atoms with van der Waals surface area (Å²) in [5.74, 6) is -0.173. The number of anilines is 1. The van der Waals surface area contributed by atoms with Crippen LogP contribution in [0.25, 0.3) is 10.9 Å². The minimum Gasteiger partial charge on any atom is -0.298 e. The van der Waals surface area contributed by atoms with Crippen LogP contribution in [0.4, 0.5) is 5.13 Å². The van der Waals surface area contributed by atoms with E-state index in [0.717, 1.165) is 26.7 Å². The molecule has 2 heterocycles. The summed E-state index contributed by atoms with van der Waals surface area (Å²) in [6.45, 7) is 0. The van der Waals surface area contributed by atoms with Crippen molar-refractivity contribution in [3.05, 3.63) is 87.5 Å². The van der Waals surface area contributed by atoms with E-state index in [9.17, 15) is 4.79 Å². The summed E-state index contributed by atoms with van der Waals surface area (Å²) in [6.07, 6.45) is 4.32. The van der Waals surface area contributed by atoms with Gasteiger partial charge < -0.3 is 0 Å². The quantitative estimate of drug-likeness (QED) is 0.484. The second-order valence-electron chi connectivity index (χ2n) is 5.76. The predicted octanol–water partition coefficient (Wildman–Crippen LogP) is 5.30. The number of amides is 1. The van der Waals surface area contributed by atoms with Crippen molar-refractivity contribution in [1.82, 2.24) is 9.97 Å². The largest absolute Gasteiger partial charge is 0.298 e. The van der Waals surface area contributed by atoms with Gasteiger partial charge in [0.2, 0.25) is 0 Å². The molecule has 0 saturated heterocycles. The van der Waals surface area contributed by atoms with Crippen LogP contribution in [-0.2, 0) is 6.42 Å². The Morgan fingerprint density at radius 1 is 1.04 bits per heavy atom. The van der Waals surface area contributed by atoms with E-state index in [1.807, 2.05) is 42.6 Å². The molecule has 2 aromatic heterocycles. The standard InChI is InChI=1S/C20H14BrN3OS/c21-14-8-6-13(7-9-14)11-15-12-23-20(26-15)24-19(25)17-3-1-5-18-16(17)4-2-10-22-18/h1-10,12H,11H2,(H,23,24,25). The Bertz CT molecular complexity index is 1070. The Hall–Kier alpha value is -2.57. The van der Waals surface area contributed by atoms with Crippen molar-refractivity contribution in [2.75, 3.05) is 5.32 Å². The van der Waals surface area contributed by atoms with Crippen molar-refractivity contribution in [2.45, 2.75) is 6.42 Å². The number of nitrogens with zero attached hydrogens (tertiary/aromatic N) is 2. The minimum atomic E-state index is -0.173. The highest BCUT2D eigenvalue weighted by atomic mass is 79.9. The number of rotatable bonds is 4. The maximum Gasteiger partial charge on any atom is 0.258 e. The average molecular weight is 424 g/mol. The number of hydrogen-bond acceptors (Lipinski definition) is 4. The van der Waals surface area contributed by atoms with Crippen LogP contribution in [0.15, 0.2) is 71.5 Å². The molecule has 0 atom stereocenters. The Balaban J connectivity index is 1.51. The number of hydrogen-bond donors (Lipinski definition) is 1. The van der Waals surface area contributed by atoms with Crippen LogP contribution in [0.1, 0.15) is 20.8 Å². The van der Waals surface area contributed by atoms with E-state index < -0.39 is 0 Å². The van der Waals surface area contributed by atoms with E-state index in [2.05, 4.69) is 43.3 Å². The van der Waals surface area contributed by atoms with Gasteiger partial charge in [0.1, 0.15) is 0 Å². The summed E-state index contributed by atoms with van der Waals surface area (Å²) in [6, 6.07) is 17.5. The molecule has 4 aromatic rings. The fraction of sp³-hybridized carbons (Fsp3) is 0.0500. The molecule has 26 heavy (non-hydrogen) atoms. The Morgan fingerprint density at radius 2 is 1.88 bits per heavy atom. The molecule has 0 fully saturated rings. The molecule has 2 aromatic carbocycles. The first-order chi connectivity index (χ1) is 12.7. The van der Waals surface area contributed by atoms with Crippen LogP contribution in [0, 0.1) is 0 Å². The summed E-state index contributed by atoms with van der Waals surface area (Å²) in [7, 11) is 0. The SMILES string of the molecule is O=C(Nc1ncc(Cc2ccc(Br)cc2)s1)c1cccc2ncccc12. The summed E-state index contributed by atoms with van der Waals surface area (Å²) in [4.78, 5) is 22.4. The van der Waals surface area contributed by atoms with Crippen molar-refractivity contribution in [2.24, 2.45) is 0 Å². The van der Waals surface area contributed by atoms with E-state index in [0.29, 0.717) is 10.7 Å². The van der Waals surface area contributed by atoms with Crippen molar-refractivity contribution in [1.29, 1.82) is 0 Å². The number of pyridine rings is 1. The fourth-order valence-electron chi connectivity index (χ4n) is 2.72. The van der Waals surface area contributed by atoms with Crippen molar-refractivity contribution in [3.63, 3.8) is 0 Å². The molecule has 0 spiro atoms. The van der Waals surface area contributed by atoms with Gasteiger partial charge in [-0.3, -0.25) is 15.1 Å². The summed E-state index contributed by atoms with van der Waals surface area (Å²) in [5, 5.41) is 4.33. The summed E-state index contributed by atoms with van der Waals surface area (Å²) >= 11 is 4.93. The van der Waals surface area contributed by atoms with Crippen LogP contribution in [0.2, 0.25) is 0 Å². The lowest BCUT2D eigenvalue weighted by atomic mass is 10.1. The maximum absolute atomic E-state index is 12.7. The van der Waals surface area contributed by atoms with Gasteiger partial charge in [0.15, 0.2) is 5.13 Å². The molecule has 0 aliphatic rings.